The Balaban J connectivity index is 1.31. The van der Waals surface area contributed by atoms with Crippen LogP contribution in [0.5, 0.6) is 11.6 Å². The summed E-state index contributed by atoms with van der Waals surface area (Å²) >= 11 is 0. The third-order valence-electron chi connectivity index (χ3n) is 5.77. The number of carbonyl (C=O) groups is 1. The Morgan fingerprint density at radius 2 is 1.79 bits per heavy atom. The second-order valence-electron chi connectivity index (χ2n) is 8.14. The number of benzene rings is 1. The molecule has 1 fully saturated rings. The monoisotopic (exact) mass is 455 g/mol. The lowest BCUT2D eigenvalue weighted by Gasteiger charge is -2.32. The summed E-state index contributed by atoms with van der Waals surface area (Å²) < 4.78 is 19.2. The van der Waals surface area contributed by atoms with Gasteiger partial charge in [-0.05, 0) is 37.1 Å². The van der Waals surface area contributed by atoms with Crippen LogP contribution in [0.15, 0.2) is 79.6 Å². The highest BCUT2D eigenvalue weighted by Gasteiger charge is 2.27. The number of likely N-dealkylation sites (tertiary alicyclic amines) is 1. The van der Waals surface area contributed by atoms with Gasteiger partial charge in [0.15, 0.2) is 0 Å². The number of pyridine rings is 2. The lowest BCUT2D eigenvalue weighted by Crippen LogP contribution is -2.39. The van der Waals surface area contributed by atoms with Crippen LogP contribution in [0.3, 0.4) is 0 Å². The molecule has 3 aromatic heterocycles. The molecular weight excluding hydrogens is 433 g/mol. The first kappa shape index (κ1) is 21.6. The first-order chi connectivity index (χ1) is 16.7. The zero-order valence-electron chi connectivity index (χ0n) is 18.3. The summed E-state index contributed by atoms with van der Waals surface area (Å²) in [5.74, 6) is 0.429. The molecule has 5 rings (SSSR count). The predicted molar refractivity (Wildman–Crippen MR) is 124 cm³/mol. The molecule has 1 unspecified atom stereocenters. The molecule has 34 heavy (non-hydrogen) atoms. The second kappa shape index (κ2) is 9.74. The smallest absolute Gasteiger partial charge is 0.255 e. The van der Waals surface area contributed by atoms with E-state index < -0.39 is 0 Å². The Bertz CT molecular complexity index is 1300. The van der Waals surface area contributed by atoms with Gasteiger partial charge in [0.2, 0.25) is 5.88 Å². The number of halogens is 1. The zero-order chi connectivity index (χ0) is 23.3. The molecule has 0 bridgehead atoms. The predicted octanol–water partition coefficient (Wildman–Crippen LogP) is 4.88. The van der Waals surface area contributed by atoms with Gasteiger partial charge in [0.05, 0.1) is 5.56 Å². The maximum absolute atomic E-state index is 13.5. The highest BCUT2D eigenvalue weighted by molar-refractivity contribution is 5.95. The molecule has 1 aromatic carbocycles. The highest BCUT2D eigenvalue weighted by Crippen LogP contribution is 2.29. The van der Waals surface area contributed by atoms with Crippen LogP contribution < -0.4 is 4.74 Å². The summed E-state index contributed by atoms with van der Waals surface area (Å²) in [4.78, 5) is 32.1. The lowest BCUT2D eigenvalue weighted by molar-refractivity contribution is 0.0705. The molecule has 1 atom stereocenters. The molecule has 1 saturated heterocycles. The quantitative estimate of drug-likeness (QED) is 0.426. The van der Waals surface area contributed by atoms with Crippen molar-refractivity contribution in [1.82, 2.24) is 24.8 Å². The standard InChI is InChI=1S/C26H22FN5O2/c27-22-5-1-6-23(11-22)34-25-8-2-7-24(31-25)18-4-3-9-32(16-18)26(33)20-10-19(12-28-13-20)21-14-29-17-30-15-21/h1-2,5-8,10-15,17-18H,3-4,9,16H2. The van der Waals surface area contributed by atoms with Crippen molar-refractivity contribution in [3.63, 3.8) is 0 Å². The van der Waals surface area contributed by atoms with Gasteiger partial charge in [-0.2, -0.15) is 0 Å². The summed E-state index contributed by atoms with van der Waals surface area (Å²) in [5.41, 5.74) is 2.97. The van der Waals surface area contributed by atoms with E-state index in [4.69, 9.17) is 4.74 Å². The van der Waals surface area contributed by atoms with Crippen molar-refractivity contribution in [2.24, 2.45) is 0 Å². The van der Waals surface area contributed by atoms with Gasteiger partial charge < -0.3 is 9.64 Å². The number of hydrogen-bond acceptors (Lipinski definition) is 6. The van der Waals surface area contributed by atoms with Crippen LogP contribution in [0.25, 0.3) is 11.1 Å². The van der Waals surface area contributed by atoms with Crippen molar-refractivity contribution < 1.29 is 13.9 Å². The fraction of sp³-hybridized carbons (Fsp3) is 0.192. The number of amides is 1. The Hall–Kier alpha value is -4.20. The SMILES string of the molecule is O=C(c1cncc(-c2cncnc2)c1)N1CCCC(c2cccc(Oc3cccc(F)c3)n2)C1. The molecule has 1 aliphatic heterocycles. The van der Waals surface area contributed by atoms with E-state index in [-0.39, 0.29) is 17.6 Å². The number of ether oxygens (including phenoxy) is 1. The summed E-state index contributed by atoms with van der Waals surface area (Å²) in [6, 6.07) is 13.3. The van der Waals surface area contributed by atoms with Crippen molar-refractivity contribution in [1.29, 1.82) is 0 Å². The molecule has 0 aliphatic carbocycles. The minimum Gasteiger partial charge on any atom is -0.439 e. The van der Waals surface area contributed by atoms with Gasteiger partial charge in [-0.3, -0.25) is 9.78 Å². The molecule has 1 amide bonds. The van der Waals surface area contributed by atoms with Crippen molar-refractivity contribution >= 4 is 5.91 Å². The van der Waals surface area contributed by atoms with E-state index in [9.17, 15) is 9.18 Å². The van der Waals surface area contributed by atoms with Gasteiger partial charge >= 0.3 is 0 Å². The van der Waals surface area contributed by atoms with Gasteiger partial charge in [-0.1, -0.05) is 12.1 Å². The van der Waals surface area contributed by atoms with Crippen LogP contribution in [0.4, 0.5) is 4.39 Å². The molecular formula is C26H22FN5O2. The molecule has 4 aromatic rings. The molecule has 1 aliphatic rings. The van der Waals surface area contributed by atoms with Gasteiger partial charge in [0, 0.05) is 72.7 Å². The largest absolute Gasteiger partial charge is 0.439 e. The maximum Gasteiger partial charge on any atom is 0.255 e. The molecule has 0 N–H and O–H groups in total. The summed E-state index contributed by atoms with van der Waals surface area (Å²) in [6.07, 6.45) is 9.92. The van der Waals surface area contributed by atoms with Crippen LogP contribution in [0, 0.1) is 5.82 Å². The van der Waals surface area contributed by atoms with E-state index in [1.54, 1.807) is 43.0 Å². The Kier molecular flexibility index (Phi) is 6.20. The third kappa shape index (κ3) is 4.91. The molecule has 0 spiro atoms. The zero-order valence-corrected chi connectivity index (χ0v) is 18.3. The summed E-state index contributed by atoms with van der Waals surface area (Å²) in [7, 11) is 0. The third-order valence-corrected chi connectivity index (χ3v) is 5.77. The fourth-order valence-electron chi connectivity index (χ4n) is 4.11. The van der Waals surface area contributed by atoms with Crippen LogP contribution in [-0.4, -0.2) is 43.8 Å². The van der Waals surface area contributed by atoms with Crippen LogP contribution in [0.2, 0.25) is 0 Å². The maximum atomic E-state index is 13.5. The minimum absolute atomic E-state index is 0.0666. The first-order valence-corrected chi connectivity index (χ1v) is 11.1. The summed E-state index contributed by atoms with van der Waals surface area (Å²) in [6.45, 7) is 1.22. The van der Waals surface area contributed by atoms with E-state index in [0.717, 1.165) is 29.7 Å². The number of nitrogens with zero attached hydrogens (tertiary/aromatic N) is 5. The number of hydrogen-bond donors (Lipinski definition) is 0. The van der Waals surface area contributed by atoms with Gasteiger partial charge in [-0.15, -0.1) is 0 Å². The van der Waals surface area contributed by atoms with Crippen molar-refractivity contribution in [2.75, 3.05) is 13.1 Å². The topological polar surface area (TPSA) is 81.1 Å². The van der Waals surface area contributed by atoms with Crippen molar-refractivity contribution in [3.05, 3.63) is 96.7 Å². The van der Waals surface area contributed by atoms with Gasteiger partial charge in [0.1, 0.15) is 17.9 Å². The van der Waals surface area contributed by atoms with E-state index in [1.807, 2.05) is 23.1 Å². The van der Waals surface area contributed by atoms with Crippen LogP contribution in [0.1, 0.15) is 34.8 Å². The Morgan fingerprint density at radius 1 is 0.971 bits per heavy atom. The number of rotatable bonds is 5. The molecule has 0 saturated carbocycles. The summed E-state index contributed by atoms with van der Waals surface area (Å²) in [5, 5.41) is 0. The van der Waals surface area contributed by atoms with E-state index >= 15 is 0 Å². The Morgan fingerprint density at radius 3 is 2.65 bits per heavy atom. The Labute approximate surface area is 196 Å². The number of piperidine rings is 1. The number of carbonyl (C=O) groups excluding carboxylic acids is 1. The first-order valence-electron chi connectivity index (χ1n) is 11.1. The lowest BCUT2D eigenvalue weighted by atomic mass is 9.93. The molecule has 8 heteroatoms. The van der Waals surface area contributed by atoms with Crippen LogP contribution in [-0.2, 0) is 0 Å². The minimum atomic E-state index is -0.367. The van der Waals surface area contributed by atoms with Crippen molar-refractivity contribution in [2.45, 2.75) is 18.8 Å². The average molecular weight is 455 g/mol. The van der Waals surface area contributed by atoms with E-state index in [0.29, 0.717) is 30.3 Å². The van der Waals surface area contributed by atoms with E-state index in [1.165, 1.54) is 18.5 Å². The van der Waals surface area contributed by atoms with Gasteiger partial charge in [-0.25, -0.2) is 19.3 Å². The average Bonchev–Trinajstić information content (AvgIpc) is 2.89. The van der Waals surface area contributed by atoms with Crippen LogP contribution >= 0.6 is 0 Å². The van der Waals surface area contributed by atoms with E-state index in [2.05, 4.69) is 19.9 Å². The normalized spacial score (nSPS) is 15.7. The molecule has 170 valence electrons. The van der Waals surface area contributed by atoms with Crippen molar-refractivity contribution in [3.8, 4) is 22.8 Å². The fourth-order valence-corrected chi connectivity index (χ4v) is 4.11. The molecule has 0 radical (unpaired) electrons. The molecule has 4 heterocycles. The highest BCUT2D eigenvalue weighted by atomic mass is 19.1. The number of aromatic nitrogens is 4. The molecule has 7 nitrogen and oxygen atoms in total. The van der Waals surface area contributed by atoms with Gasteiger partial charge in [0.25, 0.3) is 5.91 Å². The second-order valence-corrected chi connectivity index (χ2v) is 8.14.